The summed E-state index contributed by atoms with van der Waals surface area (Å²) in [5.41, 5.74) is 0. The van der Waals surface area contributed by atoms with Crippen LogP contribution in [-0.2, 0) is 16.6 Å². The van der Waals surface area contributed by atoms with Gasteiger partial charge in [-0.15, -0.1) is 11.3 Å². The van der Waals surface area contributed by atoms with Crippen LogP contribution in [0.25, 0.3) is 0 Å². The van der Waals surface area contributed by atoms with E-state index < -0.39 is 10.0 Å². The van der Waals surface area contributed by atoms with Crippen molar-refractivity contribution in [2.75, 3.05) is 7.05 Å². The maximum absolute atomic E-state index is 11.4. The van der Waals surface area contributed by atoms with E-state index in [-0.39, 0.29) is 4.21 Å². The molecule has 1 aromatic heterocycles. The second-order valence-corrected chi connectivity index (χ2v) is 10.1. The first kappa shape index (κ1) is 18.7. The fourth-order valence-corrected chi connectivity index (χ4v) is 5.89. The number of nitrogens with zero attached hydrogens (tertiary/aromatic N) is 1. The molecule has 140 valence electrons. The van der Waals surface area contributed by atoms with Gasteiger partial charge in [-0.25, -0.2) is 13.6 Å². The van der Waals surface area contributed by atoms with Gasteiger partial charge in [0, 0.05) is 18.0 Å². The monoisotopic (exact) mass is 384 g/mol. The minimum Gasteiger partial charge on any atom is -0.354 e. The highest BCUT2D eigenvalue weighted by Gasteiger charge is 2.32. The maximum atomic E-state index is 11.4. The lowest BCUT2D eigenvalue weighted by Crippen LogP contribution is -2.46. The van der Waals surface area contributed by atoms with Crippen LogP contribution in [0.15, 0.2) is 21.3 Å². The van der Waals surface area contributed by atoms with Gasteiger partial charge in [0.2, 0.25) is 10.0 Å². The topological polar surface area (TPSA) is 96.6 Å². The third-order valence-corrected chi connectivity index (χ3v) is 7.98. The van der Waals surface area contributed by atoms with Crippen molar-refractivity contribution in [2.24, 2.45) is 22.0 Å². The first-order valence-electron chi connectivity index (χ1n) is 9.04. The molecule has 0 radical (unpaired) electrons. The Kier molecular flexibility index (Phi) is 6.01. The van der Waals surface area contributed by atoms with Crippen molar-refractivity contribution >= 4 is 27.3 Å². The molecule has 2 aliphatic rings. The van der Waals surface area contributed by atoms with Crippen LogP contribution in [0.3, 0.4) is 0 Å². The van der Waals surface area contributed by atoms with Crippen LogP contribution >= 0.6 is 11.3 Å². The Bertz CT molecular complexity index is 714. The van der Waals surface area contributed by atoms with Crippen LogP contribution in [0.1, 0.15) is 49.8 Å². The van der Waals surface area contributed by atoms with E-state index in [9.17, 15) is 8.42 Å². The summed E-state index contributed by atoms with van der Waals surface area (Å²) in [6, 6.07) is 3.82. The van der Waals surface area contributed by atoms with Crippen molar-refractivity contribution in [3.05, 3.63) is 17.0 Å². The largest absolute Gasteiger partial charge is 0.354 e. The van der Waals surface area contributed by atoms with Crippen molar-refractivity contribution in [3.8, 4) is 0 Å². The first-order chi connectivity index (χ1) is 12.0. The number of rotatable bonds is 4. The second kappa shape index (κ2) is 8.05. The molecule has 0 spiro atoms. The molecule has 3 atom stereocenters. The number of aliphatic imine (C=N–C) groups is 1. The van der Waals surface area contributed by atoms with Crippen molar-refractivity contribution < 1.29 is 8.42 Å². The Hall–Kier alpha value is -1.12. The second-order valence-electron chi connectivity index (χ2n) is 7.15. The summed E-state index contributed by atoms with van der Waals surface area (Å²) in [6.45, 7) is 0.540. The summed E-state index contributed by atoms with van der Waals surface area (Å²) < 4.78 is 22.9. The number of hydrogen-bond donors (Lipinski definition) is 3. The molecule has 0 bridgehead atoms. The van der Waals surface area contributed by atoms with Crippen LogP contribution in [0.2, 0.25) is 0 Å². The Labute approximate surface area is 154 Å². The zero-order valence-corrected chi connectivity index (χ0v) is 16.3. The number of thiophene rings is 1. The lowest BCUT2D eigenvalue weighted by atomic mass is 9.69. The Balaban J connectivity index is 1.50. The van der Waals surface area contributed by atoms with E-state index in [0.717, 1.165) is 22.7 Å². The third kappa shape index (κ3) is 4.95. The van der Waals surface area contributed by atoms with Gasteiger partial charge in [-0.3, -0.25) is 4.99 Å². The zero-order valence-electron chi connectivity index (χ0n) is 14.7. The molecule has 25 heavy (non-hydrogen) atoms. The SMILES string of the molecule is CN=C(NCc1ccc(S(N)(=O)=O)s1)NC1CCC2CCCCC2C1. The van der Waals surface area contributed by atoms with E-state index >= 15 is 0 Å². The summed E-state index contributed by atoms with van der Waals surface area (Å²) in [5, 5.41) is 12.0. The molecule has 8 heteroatoms. The molecule has 2 aliphatic carbocycles. The van der Waals surface area contributed by atoms with Crippen LogP contribution in [0.4, 0.5) is 0 Å². The van der Waals surface area contributed by atoms with Crippen LogP contribution in [0, 0.1) is 11.8 Å². The van der Waals surface area contributed by atoms with Gasteiger partial charge in [0.25, 0.3) is 0 Å². The highest BCUT2D eigenvalue weighted by Crippen LogP contribution is 2.40. The maximum Gasteiger partial charge on any atom is 0.247 e. The fourth-order valence-electron chi connectivity index (χ4n) is 4.17. The number of sulfonamides is 1. The van der Waals surface area contributed by atoms with Gasteiger partial charge >= 0.3 is 0 Å². The molecule has 3 rings (SSSR count). The molecule has 0 amide bonds. The summed E-state index contributed by atoms with van der Waals surface area (Å²) in [6.07, 6.45) is 9.34. The van der Waals surface area contributed by atoms with E-state index in [1.807, 2.05) is 0 Å². The molecular weight excluding hydrogens is 356 g/mol. The average molecular weight is 385 g/mol. The number of fused-ring (bicyclic) bond motifs is 1. The van der Waals surface area contributed by atoms with Crippen LogP contribution < -0.4 is 15.8 Å². The smallest absolute Gasteiger partial charge is 0.247 e. The molecule has 4 N–H and O–H groups in total. The summed E-state index contributed by atoms with van der Waals surface area (Å²) in [7, 11) is -1.85. The van der Waals surface area contributed by atoms with Crippen LogP contribution in [0.5, 0.6) is 0 Å². The Morgan fingerprint density at radius 3 is 2.68 bits per heavy atom. The van der Waals surface area contributed by atoms with E-state index in [2.05, 4.69) is 15.6 Å². The number of nitrogens with two attached hydrogens (primary N) is 1. The number of nitrogens with one attached hydrogen (secondary N) is 2. The molecule has 6 nitrogen and oxygen atoms in total. The van der Waals surface area contributed by atoms with E-state index in [4.69, 9.17) is 5.14 Å². The van der Waals surface area contributed by atoms with Crippen molar-refractivity contribution in [3.63, 3.8) is 0 Å². The lowest BCUT2D eigenvalue weighted by molar-refractivity contribution is 0.150. The van der Waals surface area contributed by atoms with Crippen molar-refractivity contribution in [1.29, 1.82) is 0 Å². The Morgan fingerprint density at radius 1 is 1.24 bits per heavy atom. The summed E-state index contributed by atoms with van der Waals surface area (Å²) in [4.78, 5) is 5.23. The molecule has 3 unspecified atom stereocenters. The number of primary sulfonamides is 1. The molecule has 0 aliphatic heterocycles. The minimum atomic E-state index is -3.62. The molecule has 1 aromatic rings. The molecule has 2 fully saturated rings. The van der Waals surface area contributed by atoms with Gasteiger partial charge in [-0.2, -0.15) is 0 Å². The van der Waals surface area contributed by atoms with Gasteiger partial charge in [0.15, 0.2) is 5.96 Å². The molecule has 1 heterocycles. The van der Waals surface area contributed by atoms with E-state index in [1.54, 1.807) is 19.2 Å². The Morgan fingerprint density at radius 2 is 2.00 bits per heavy atom. The molecule has 0 saturated heterocycles. The summed E-state index contributed by atoms with van der Waals surface area (Å²) >= 11 is 1.20. The quantitative estimate of drug-likeness (QED) is 0.549. The van der Waals surface area contributed by atoms with Crippen molar-refractivity contribution in [2.45, 2.75) is 61.7 Å². The van der Waals surface area contributed by atoms with Crippen LogP contribution in [-0.4, -0.2) is 27.5 Å². The number of guanidine groups is 1. The summed E-state index contributed by atoms with van der Waals surface area (Å²) in [5.74, 6) is 2.59. The lowest BCUT2D eigenvalue weighted by Gasteiger charge is -2.39. The zero-order chi connectivity index (χ0) is 17.9. The minimum absolute atomic E-state index is 0.197. The van der Waals surface area contributed by atoms with E-state index in [1.165, 1.54) is 56.3 Å². The molecule has 0 aromatic carbocycles. The normalized spacial score (nSPS) is 27.6. The van der Waals surface area contributed by atoms with Gasteiger partial charge in [-0.1, -0.05) is 25.7 Å². The van der Waals surface area contributed by atoms with Gasteiger partial charge in [0.1, 0.15) is 4.21 Å². The average Bonchev–Trinajstić information content (AvgIpc) is 3.08. The fraction of sp³-hybridized carbons (Fsp3) is 0.706. The van der Waals surface area contributed by atoms with Crippen molar-refractivity contribution in [1.82, 2.24) is 10.6 Å². The van der Waals surface area contributed by atoms with Gasteiger partial charge in [-0.05, 0) is 43.2 Å². The highest BCUT2D eigenvalue weighted by atomic mass is 32.2. The molecule has 2 saturated carbocycles. The molecular formula is C17H28N4O2S2. The standard InChI is InChI=1S/C17H28N4O2S2/c1-19-17(20-11-15-8-9-16(24-15)25(18,22)23)21-14-7-6-12-4-2-3-5-13(12)10-14/h8-9,12-14H,2-7,10-11H2,1H3,(H2,18,22,23)(H2,19,20,21). The highest BCUT2D eigenvalue weighted by molar-refractivity contribution is 7.91. The van der Waals surface area contributed by atoms with Gasteiger partial charge in [0.05, 0.1) is 6.54 Å². The van der Waals surface area contributed by atoms with E-state index in [0.29, 0.717) is 12.6 Å². The van der Waals surface area contributed by atoms with Gasteiger partial charge < -0.3 is 10.6 Å². The predicted octanol–water partition coefficient (Wildman–Crippen LogP) is 2.42. The third-order valence-electron chi connectivity index (χ3n) is 5.45. The predicted molar refractivity (Wildman–Crippen MR) is 102 cm³/mol. The number of hydrogen-bond acceptors (Lipinski definition) is 4. The first-order valence-corrected chi connectivity index (χ1v) is 11.4.